The highest BCUT2D eigenvalue weighted by Gasteiger charge is 2.32. The van der Waals surface area contributed by atoms with Crippen LogP contribution < -0.4 is 0 Å². The number of ketones is 1. The van der Waals surface area contributed by atoms with Crippen LogP contribution in [0.3, 0.4) is 0 Å². The van der Waals surface area contributed by atoms with Crippen LogP contribution in [0.15, 0.2) is 24.3 Å². The fourth-order valence-corrected chi connectivity index (χ4v) is 3.76. The van der Waals surface area contributed by atoms with E-state index >= 15 is 0 Å². The lowest BCUT2D eigenvalue weighted by atomic mass is 10.0. The summed E-state index contributed by atoms with van der Waals surface area (Å²) in [6.07, 6.45) is 0. The topological polar surface area (TPSA) is 20.3 Å². The van der Waals surface area contributed by atoms with Crippen molar-refractivity contribution in [2.75, 3.05) is 18.8 Å². The molecule has 104 valence electrons. The van der Waals surface area contributed by atoms with Crippen molar-refractivity contribution in [3.63, 3.8) is 0 Å². The van der Waals surface area contributed by atoms with Gasteiger partial charge in [-0.25, -0.2) is 0 Å². The maximum atomic E-state index is 12.5. The molecule has 1 unspecified atom stereocenters. The number of rotatable bonds is 3. The Bertz CT molecular complexity index is 475. The Balaban J connectivity index is 2.11. The number of hydrogen-bond donors (Lipinski definition) is 0. The minimum absolute atomic E-state index is 0.0846. The summed E-state index contributed by atoms with van der Waals surface area (Å²) in [5.41, 5.74) is 0.705. The van der Waals surface area contributed by atoms with Crippen molar-refractivity contribution in [1.29, 1.82) is 0 Å². The second-order valence-electron chi connectivity index (χ2n) is 5.63. The number of carbonyl (C=O) groups is 1. The molecule has 1 aromatic rings. The quantitative estimate of drug-likeness (QED) is 0.793. The largest absolute Gasteiger partial charge is 0.292 e. The van der Waals surface area contributed by atoms with Gasteiger partial charge in [-0.15, -0.1) is 0 Å². The van der Waals surface area contributed by atoms with E-state index in [1.807, 2.05) is 30.8 Å². The normalized spacial score (nSPS) is 21.1. The van der Waals surface area contributed by atoms with Crippen molar-refractivity contribution >= 4 is 29.1 Å². The van der Waals surface area contributed by atoms with Gasteiger partial charge in [-0.05, 0) is 32.9 Å². The molecule has 1 saturated heterocycles. The average molecular weight is 298 g/mol. The average Bonchev–Trinajstić information content (AvgIpc) is 2.36. The van der Waals surface area contributed by atoms with Gasteiger partial charge < -0.3 is 0 Å². The molecular weight excluding hydrogens is 278 g/mol. The van der Waals surface area contributed by atoms with Crippen LogP contribution in [0.1, 0.15) is 31.1 Å². The van der Waals surface area contributed by atoms with Gasteiger partial charge in [0.25, 0.3) is 0 Å². The molecule has 19 heavy (non-hydrogen) atoms. The summed E-state index contributed by atoms with van der Waals surface area (Å²) in [5, 5.41) is 0.618. The predicted molar refractivity (Wildman–Crippen MR) is 83.4 cm³/mol. The van der Waals surface area contributed by atoms with Crippen LogP contribution >= 0.6 is 23.4 Å². The lowest BCUT2D eigenvalue weighted by Crippen LogP contribution is -2.49. The van der Waals surface area contributed by atoms with Gasteiger partial charge in [-0.2, -0.15) is 11.8 Å². The Morgan fingerprint density at radius 3 is 2.84 bits per heavy atom. The highest BCUT2D eigenvalue weighted by molar-refractivity contribution is 8.00. The van der Waals surface area contributed by atoms with E-state index in [0.29, 0.717) is 10.6 Å². The number of Topliss-reactive ketones (excluding diaryl/α,β-unsaturated/α-hetero) is 1. The number of carbonyl (C=O) groups excluding carboxylic acids is 1. The molecule has 4 heteroatoms. The van der Waals surface area contributed by atoms with E-state index in [-0.39, 0.29) is 16.6 Å². The highest BCUT2D eigenvalue weighted by Crippen LogP contribution is 2.30. The van der Waals surface area contributed by atoms with Crippen LogP contribution in [-0.2, 0) is 0 Å². The molecule has 1 fully saturated rings. The molecule has 0 radical (unpaired) electrons. The second kappa shape index (κ2) is 5.86. The minimum atomic E-state index is -0.0846. The molecule has 2 rings (SSSR count). The Kier molecular flexibility index (Phi) is 4.59. The van der Waals surface area contributed by atoms with Gasteiger partial charge in [-0.1, -0.05) is 23.7 Å². The molecule has 1 atom stereocenters. The van der Waals surface area contributed by atoms with Crippen molar-refractivity contribution in [2.45, 2.75) is 31.6 Å². The van der Waals surface area contributed by atoms with Crippen LogP contribution in [0.5, 0.6) is 0 Å². The fraction of sp³-hybridized carbons (Fsp3) is 0.533. The van der Waals surface area contributed by atoms with Crippen LogP contribution in [0.25, 0.3) is 0 Å². The number of thioether (sulfide) groups is 1. The minimum Gasteiger partial charge on any atom is -0.292 e. The zero-order valence-corrected chi connectivity index (χ0v) is 13.2. The molecule has 1 aromatic carbocycles. The number of hydrogen-bond acceptors (Lipinski definition) is 3. The summed E-state index contributed by atoms with van der Waals surface area (Å²) in [7, 11) is 0. The van der Waals surface area contributed by atoms with Crippen molar-refractivity contribution in [1.82, 2.24) is 4.90 Å². The first-order valence-corrected chi connectivity index (χ1v) is 7.93. The van der Waals surface area contributed by atoms with E-state index in [1.165, 1.54) is 0 Å². The van der Waals surface area contributed by atoms with Crippen molar-refractivity contribution < 1.29 is 4.79 Å². The second-order valence-corrected chi connectivity index (χ2v) is 7.87. The predicted octanol–water partition coefficient (Wildman–Crippen LogP) is 3.74. The zero-order valence-electron chi connectivity index (χ0n) is 11.6. The van der Waals surface area contributed by atoms with E-state index in [9.17, 15) is 4.79 Å². The van der Waals surface area contributed by atoms with E-state index in [0.717, 1.165) is 18.8 Å². The van der Waals surface area contributed by atoms with E-state index in [4.69, 9.17) is 11.6 Å². The standard InChI is InChI=1S/C15H20ClNOS/c1-11(17-7-8-19-15(2,3)10-17)14(18)12-5-4-6-13(16)9-12/h4-6,9,11H,7-8,10H2,1-3H3. The van der Waals surface area contributed by atoms with Crippen molar-refractivity contribution in [2.24, 2.45) is 0 Å². The van der Waals surface area contributed by atoms with E-state index in [1.54, 1.807) is 12.1 Å². The smallest absolute Gasteiger partial charge is 0.179 e. The Labute approximate surface area is 124 Å². The van der Waals surface area contributed by atoms with Gasteiger partial charge in [-0.3, -0.25) is 9.69 Å². The van der Waals surface area contributed by atoms with E-state index < -0.39 is 0 Å². The molecule has 0 aromatic heterocycles. The van der Waals surface area contributed by atoms with Gasteiger partial charge in [0.15, 0.2) is 5.78 Å². The molecule has 0 N–H and O–H groups in total. The first-order valence-electron chi connectivity index (χ1n) is 6.57. The monoisotopic (exact) mass is 297 g/mol. The Hall–Kier alpha value is -0.510. The van der Waals surface area contributed by atoms with Gasteiger partial charge in [0.1, 0.15) is 0 Å². The number of halogens is 1. The SMILES string of the molecule is CC(C(=O)c1cccc(Cl)c1)N1CCSC(C)(C)C1. The number of benzene rings is 1. The summed E-state index contributed by atoms with van der Waals surface area (Å²) in [4.78, 5) is 14.8. The molecule has 0 bridgehead atoms. The summed E-state index contributed by atoms with van der Waals surface area (Å²) in [6.45, 7) is 8.39. The molecule has 2 nitrogen and oxygen atoms in total. The molecule has 0 aliphatic carbocycles. The highest BCUT2D eigenvalue weighted by atomic mass is 35.5. The van der Waals surface area contributed by atoms with Crippen LogP contribution in [-0.4, -0.2) is 40.3 Å². The van der Waals surface area contributed by atoms with Gasteiger partial charge in [0.2, 0.25) is 0 Å². The Morgan fingerprint density at radius 2 is 2.21 bits per heavy atom. The van der Waals surface area contributed by atoms with Gasteiger partial charge in [0, 0.05) is 34.2 Å². The van der Waals surface area contributed by atoms with E-state index in [2.05, 4.69) is 18.7 Å². The van der Waals surface area contributed by atoms with Crippen LogP contribution in [0.2, 0.25) is 5.02 Å². The summed E-state index contributed by atoms with van der Waals surface area (Å²) in [5.74, 6) is 1.24. The number of nitrogens with zero attached hydrogens (tertiary/aromatic N) is 1. The third-order valence-corrected chi connectivity index (χ3v) is 5.02. The molecule has 0 saturated carbocycles. The lowest BCUT2D eigenvalue weighted by Gasteiger charge is -2.40. The molecule has 1 aliphatic rings. The summed E-state index contributed by atoms with van der Waals surface area (Å²) >= 11 is 7.93. The van der Waals surface area contributed by atoms with Crippen LogP contribution in [0.4, 0.5) is 0 Å². The molecular formula is C15H20ClNOS. The van der Waals surface area contributed by atoms with Crippen LogP contribution in [0, 0.1) is 0 Å². The molecule has 1 heterocycles. The fourth-order valence-electron chi connectivity index (χ4n) is 2.43. The summed E-state index contributed by atoms with van der Waals surface area (Å²) in [6, 6.07) is 7.14. The first kappa shape index (κ1) is 14.9. The zero-order chi connectivity index (χ0) is 14.0. The summed E-state index contributed by atoms with van der Waals surface area (Å²) < 4.78 is 0.223. The molecule has 1 aliphatic heterocycles. The Morgan fingerprint density at radius 1 is 1.47 bits per heavy atom. The van der Waals surface area contributed by atoms with Gasteiger partial charge >= 0.3 is 0 Å². The third-order valence-electron chi connectivity index (χ3n) is 3.49. The maximum Gasteiger partial charge on any atom is 0.179 e. The molecule has 0 spiro atoms. The maximum absolute atomic E-state index is 12.5. The van der Waals surface area contributed by atoms with Gasteiger partial charge in [0.05, 0.1) is 6.04 Å². The first-order chi connectivity index (χ1) is 8.89. The third kappa shape index (κ3) is 3.74. The van der Waals surface area contributed by atoms with Crippen molar-refractivity contribution in [3.8, 4) is 0 Å². The van der Waals surface area contributed by atoms with Crippen molar-refractivity contribution in [3.05, 3.63) is 34.9 Å². The lowest BCUT2D eigenvalue weighted by molar-refractivity contribution is 0.0832. The molecule has 0 amide bonds.